The van der Waals surface area contributed by atoms with Crippen molar-refractivity contribution < 1.29 is 9.26 Å². The molecular weight excluding hydrogens is 326 g/mol. The lowest BCUT2D eigenvalue weighted by molar-refractivity contribution is 0.0669. The van der Waals surface area contributed by atoms with E-state index in [-0.39, 0.29) is 0 Å². The van der Waals surface area contributed by atoms with Crippen LogP contribution in [-0.2, 0) is 17.7 Å². The lowest BCUT2D eigenvalue weighted by atomic mass is 10.1. The summed E-state index contributed by atoms with van der Waals surface area (Å²) in [7, 11) is 0. The Bertz CT molecular complexity index is 641. The molecule has 3 rings (SSSR count). The minimum atomic E-state index is 0.335. The van der Waals surface area contributed by atoms with Crippen molar-refractivity contribution in [2.75, 3.05) is 19.7 Å². The van der Waals surface area contributed by atoms with Crippen LogP contribution >= 0.6 is 11.6 Å². The van der Waals surface area contributed by atoms with Crippen LogP contribution in [0.5, 0.6) is 0 Å². The molecule has 0 unspecified atom stereocenters. The van der Waals surface area contributed by atoms with Crippen molar-refractivity contribution in [3.63, 3.8) is 0 Å². The molecule has 1 aromatic heterocycles. The zero-order valence-electron chi connectivity index (χ0n) is 14.1. The van der Waals surface area contributed by atoms with Crippen molar-refractivity contribution in [3.8, 4) is 0 Å². The first-order valence-electron chi connectivity index (χ1n) is 8.63. The molecule has 1 aliphatic heterocycles. The van der Waals surface area contributed by atoms with Crippen LogP contribution in [-0.4, -0.2) is 40.8 Å². The average Bonchev–Trinajstić information content (AvgIpc) is 3.22. The fourth-order valence-electron chi connectivity index (χ4n) is 3.06. The predicted molar refractivity (Wildman–Crippen MR) is 93.1 cm³/mol. The summed E-state index contributed by atoms with van der Waals surface area (Å²) in [5.74, 6) is 1.33. The topological polar surface area (TPSA) is 51.4 Å². The van der Waals surface area contributed by atoms with Gasteiger partial charge in [-0.3, -0.25) is 4.90 Å². The molecule has 1 aromatic carbocycles. The normalized spacial score (nSPS) is 17.7. The summed E-state index contributed by atoms with van der Waals surface area (Å²) in [5.41, 5.74) is 1.01. The van der Waals surface area contributed by atoms with Gasteiger partial charge in [0.2, 0.25) is 5.89 Å². The fraction of sp³-hybridized carbons (Fsp3) is 0.556. The molecule has 0 aliphatic carbocycles. The van der Waals surface area contributed by atoms with Gasteiger partial charge in [0.25, 0.3) is 0 Å². The number of ether oxygens (including phenoxy) is 1. The molecule has 6 heteroatoms. The molecule has 1 atom stereocenters. The largest absolute Gasteiger partial charge is 0.377 e. The van der Waals surface area contributed by atoms with E-state index in [1.807, 2.05) is 24.3 Å². The number of benzene rings is 1. The van der Waals surface area contributed by atoms with Crippen LogP contribution in [0, 0.1) is 0 Å². The fourth-order valence-corrected chi connectivity index (χ4v) is 3.26. The van der Waals surface area contributed by atoms with Gasteiger partial charge in [0.05, 0.1) is 12.6 Å². The molecule has 24 heavy (non-hydrogen) atoms. The predicted octanol–water partition coefficient (Wildman–Crippen LogP) is 3.70. The number of hydrogen-bond acceptors (Lipinski definition) is 5. The van der Waals surface area contributed by atoms with E-state index in [2.05, 4.69) is 22.0 Å². The van der Waals surface area contributed by atoms with Crippen LogP contribution < -0.4 is 0 Å². The van der Waals surface area contributed by atoms with Gasteiger partial charge in [-0.2, -0.15) is 4.98 Å². The molecule has 0 amide bonds. The second kappa shape index (κ2) is 8.60. The molecule has 0 bridgehead atoms. The summed E-state index contributed by atoms with van der Waals surface area (Å²) in [5, 5.41) is 4.83. The Kier molecular flexibility index (Phi) is 6.24. The van der Waals surface area contributed by atoms with Crippen LogP contribution in [0.3, 0.4) is 0 Å². The Morgan fingerprint density at radius 3 is 2.96 bits per heavy atom. The molecule has 1 saturated heterocycles. The SMILES string of the molecule is CCCN(Cc1nc(Cc2ccccc2Cl)no1)C[C@H]1CCCO1. The lowest BCUT2D eigenvalue weighted by Crippen LogP contribution is -2.32. The molecule has 2 heterocycles. The van der Waals surface area contributed by atoms with Gasteiger partial charge in [-0.05, 0) is 37.4 Å². The highest BCUT2D eigenvalue weighted by Gasteiger charge is 2.20. The van der Waals surface area contributed by atoms with E-state index < -0.39 is 0 Å². The van der Waals surface area contributed by atoms with E-state index in [9.17, 15) is 0 Å². The van der Waals surface area contributed by atoms with Crippen LogP contribution in [0.2, 0.25) is 5.02 Å². The second-order valence-corrected chi connectivity index (χ2v) is 6.65. The van der Waals surface area contributed by atoms with Gasteiger partial charge >= 0.3 is 0 Å². The van der Waals surface area contributed by atoms with Gasteiger partial charge in [0, 0.05) is 24.6 Å². The highest BCUT2D eigenvalue weighted by Crippen LogP contribution is 2.18. The van der Waals surface area contributed by atoms with Crippen LogP contribution in [0.25, 0.3) is 0 Å². The highest BCUT2D eigenvalue weighted by molar-refractivity contribution is 6.31. The van der Waals surface area contributed by atoms with Gasteiger partial charge in [-0.1, -0.05) is 41.9 Å². The molecule has 2 aromatic rings. The van der Waals surface area contributed by atoms with Crippen molar-refractivity contribution in [1.82, 2.24) is 15.0 Å². The maximum atomic E-state index is 6.19. The molecule has 0 radical (unpaired) electrons. The first-order chi connectivity index (χ1) is 11.7. The van der Waals surface area contributed by atoms with E-state index in [0.29, 0.717) is 30.8 Å². The lowest BCUT2D eigenvalue weighted by Gasteiger charge is -2.22. The molecule has 1 aliphatic rings. The zero-order valence-corrected chi connectivity index (χ0v) is 14.8. The third kappa shape index (κ3) is 4.79. The van der Waals surface area contributed by atoms with E-state index in [1.165, 1.54) is 0 Å². The first kappa shape index (κ1) is 17.4. The van der Waals surface area contributed by atoms with Crippen molar-refractivity contribution in [3.05, 3.63) is 46.6 Å². The third-order valence-corrected chi connectivity index (χ3v) is 4.57. The summed E-state index contributed by atoms with van der Waals surface area (Å²) in [6.07, 6.45) is 4.31. The number of rotatable bonds is 8. The Morgan fingerprint density at radius 2 is 2.21 bits per heavy atom. The third-order valence-electron chi connectivity index (χ3n) is 4.20. The van der Waals surface area contributed by atoms with Crippen LogP contribution in [0.1, 0.15) is 43.5 Å². The Hall–Kier alpha value is -1.43. The van der Waals surface area contributed by atoms with Gasteiger partial charge in [-0.25, -0.2) is 0 Å². The zero-order chi connectivity index (χ0) is 16.8. The molecule has 5 nitrogen and oxygen atoms in total. The Balaban J connectivity index is 1.60. The van der Waals surface area contributed by atoms with Crippen LogP contribution in [0.15, 0.2) is 28.8 Å². The Morgan fingerprint density at radius 1 is 1.33 bits per heavy atom. The van der Waals surface area contributed by atoms with Crippen molar-refractivity contribution in [1.29, 1.82) is 0 Å². The summed E-state index contributed by atoms with van der Waals surface area (Å²) in [4.78, 5) is 6.86. The van der Waals surface area contributed by atoms with Crippen molar-refractivity contribution >= 4 is 11.6 Å². The Labute approximate surface area is 147 Å². The van der Waals surface area contributed by atoms with Crippen molar-refractivity contribution in [2.45, 2.75) is 45.3 Å². The smallest absolute Gasteiger partial charge is 0.240 e. The standard InChI is InChI=1S/C18H24ClN3O2/c1-2-9-22(12-15-7-5-10-23-15)13-18-20-17(21-24-18)11-14-6-3-4-8-16(14)19/h3-4,6,8,15H,2,5,7,9-13H2,1H3/t15-/m1/s1. The van der Waals surface area contributed by atoms with Gasteiger partial charge in [0.1, 0.15) is 0 Å². The van der Waals surface area contributed by atoms with Crippen LogP contribution in [0.4, 0.5) is 0 Å². The molecule has 0 N–H and O–H groups in total. The number of halogens is 1. The monoisotopic (exact) mass is 349 g/mol. The maximum Gasteiger partial charge on any atom is 0.240 e. The van der Waals surface area contributed by atoms with E-state index in [4.69, 9.17) is 20.9 Å². The quantitative estimate of drug-likeness (QED) is 0.727. The summed E-state index contributed by atoms with van der Waals surface area (Å²) < 4.78 is 11.2. The second-order valence-electron chi connectivity index (χ2n) is 6.24. The van der Waals surface area contributed by atoms with Crippen molar-refractivity contribution in [2.24, 2.45) is 0 Å². The average molecular weight is 350 g/mol. The first-order valence-corrected chi connectivity index (χ1v) is 9.01. The van der Waals surface area contributed by atoms with Gasteiger partial charge in [-0.15, -0.1) is 0 Å². The maximum absolute atomic E-state index is 6.19. The molecular formula is C18H24ClN3O2. The minimum absolute atomic E-state index is 0.335. The summed E-state index contributed by atoms with van der Waals surface area (Å²) in [6, 6.07) is 7.75. The van der Waals surface area contributed by atoms with E-state index in [0.717, 1.165) is 49.5 Å². The van der Waals surface area contributed by atoms with E-state index in [1.54, 1.807) is 0 Å². The van der Waals surface area contributed by atoms with Gasteiger partial charge in [0.15, 0.2) is 5.82 Å². The molecule has 130 valence electrons. The molecule has 0 saturated carbocycles. The summed E-state index contributed by atoms with van der Waals surface area (Å²) >= 11 is 6.19. The highest BCUT2D eigenvalue weighted by atomic mass is 35.5. The van der Waals surface area contributed by atoms with E-state index >= 15 is 0 Å². The summed E-state index contributed by atoms with van der Waals surface area (Å²) in [6.45, 7) is 5.66. The number of nitrogens with zero attached hydrogens (tertiary/aromatic N) is 3. The number of hydrogen-bond donors (Lipinski definition) is 0. The minimum Gasteiger partial charge on any atom is -0.377 e. The molecule has 0 spiro atoms. The molecule has 1 fully saturated rings. The number of aromatic nitrogens is 2. The van der Waals surface area contributed by atoms with Gasteiger partial charge < -0.3 is 9.26 Å².